The third-order valence-corrected chi connectivity index (χ3v) is 4.90. The molecule has 0 bridgehead atoms. The van der Waals surface area contributed by atoms with Gasteiger partial charge in [0.05, 0.1) is 17.2 Å². The summed E-state index contributed by atoms with van der Waals surface area (Å²) >= 11 is 0. The number of hydrogen-bond acceptors (Lipinski definition) is 4. The number of alkyl halides is 3. The molecule has 1 fully saturated rings. The van der Waals surface area contributed by atoms with Gasteiger partial charge in [0.1, 0.15) is 5.82 Å². The van der Waals surface area contributed by atoms with Gasteiger partial charge in [0.25, 0.3) is 5.91 Å². The highest BCUT2D eigenvalue weighted by Crippen LogP contribution is 2.30. The number of pyridine rings is 1. The van der Waals surface area contributed by atoms with Crippen LogP contribution in [0.3, 0.4) is 0 Å². The number of amides is 1. The topological polar surface area (TPSA) is 74.2 Å². The number of nitrogens with zero attached hydrogens (tertiary/aromatic N) is 1. The maximum atomic E-state index is 12.6. The number of benzene rings is 1. The van der Waals surface area contributed by atoms with E-state index in [1.54, 1.807) is 18.3 Å². The van der Waals surface area contributed by atoms with E-state index in [9.17, 15) is 23.1 Å². The lowest BCUT2D eigenvalue weighted by Gasteiger charge is -2.25. The van der Waals surface area contributed by atoms with E-state index in [0.29, 0.717) is 23.8 Å². The molecule has 0 spiro atoms. The largest absolute Gasteiger partial charge is 0.416 e. The molecule has 0 atom stereocenters. The lowest BCUT2D eigenvalue weighted by Crippen LogP contribution is -2.24. The number of aliphatic hydroxyl groups is 1. The first-order valence-corrected chi connectivity index (χ1v) is 9.18. The molecule has 0 unspecified atom stereocenters. The first kappa shape index (κ1) is 20.1. The summed E-state index contributed by atoms with van der Waals surface area (Å²) < 4.78 is 37.9. The molecule has 0 aliphatic heterocycles. The van der Waals surface area contributed by atoms with Gasteiger partial charge in [-0.1, -0.05) is 0 Å². The Bertz CT molecular complexity index is 801. The van der Waals surface area contributed by atoms with E-state index in [-0.39, 0.29) is 11.8 Å². The molecule has 1 heterocycles. The van der Waals surface area contributed by atoms with E-state index < -0.39 is 17.6 Å². The Morgan fingerprint density at radius 1 is 1.11 bits per heavy atom. The quantitative estimate of drug-likeness (QED) is 0.708. The number of anilines is 2. The van der Waals surface area contributed by atoms with Gasteiger partial charge in [-0.3, -0.25) is 4.79 Å². The van der Waals surface area contributed by atoms with Crippen LogP contribution in [0.5, 0.6) is 0 Å². The van der Waals surface area contributed by atoms with Crippen molar-refractivity contribution >= 4 is 17.4 Å². The Hall–Kier alpha value is -2.61. The standard InChI is InChI=1S/C20H22F3N3O2/c21-20(22,23)14-5-7-15(8-6-14)26-19(28)17-2-1-11-24-18(17)25-12-13-3-9-16(27)10-4-13/h1-2,5-8,11,13,16,27H,3-4,9-10,12H2,(H,24,25)(H,26,28)/t13-,16-. The van der Waals surface area contributed by atoms with Crippen molar-refractivity contribution in [1.82, 2.24) is 4.98 Å². The van der Waals surface area contributed by atoms with Gasteiger partial charge >= 0.3 is 6.18 Å². The second-order valence-electron chi connectivity index (χ2n) is 6.98. The van der Waals surface area contributed by atoms with Crippen LogP contribution < -0.4 is 10.6 Å². The summed E-state index contributed by atoms with van der Waals surface area (Å²) in [4.78, 5) is 16.8. The highest BCUT2D eigenvalue weighted by atomic mass is 19.4. The van der Waals surface area contributed by atoms with Crippen LogP contribution >= 0.6 is 0 Å². The van der Waals surface area contributed by atoms with E-state index in [4.69, 9.17) is 0 Å². The Morgan fingerprint density at radius 3 is 2.43 bits per heavy atom. The number of hydrogen-bond donors (Lipinski definition) is 3. The number of aromatic nitrogens is 1. The Labute approximate surface area is 161 Å². The molecule has 1 amide bonds. The van der Waals surface area contributed by atoms with Crippen molar-refractivity contribution in [3.8, 4) is 0 Å². The van der Waals surface area contributed by atoms with Crippen LogP contribution in [0.4, 0.5) is 24.7 Å². The van der Waals surface area contributed by atoms with E-state index in [0.717, 1.165) is 37.8 Å². The van der Waals surface area contributed by atoms with Gasteiger partial charge in [0, 0.05) is 18.4 Å². The molecular formula is C20H22F3N3O2. The molecule has 1 saturated carbocycles. The normalized spacial score (nSPS) is 19.9. The molecule has 3 N–H and O–H groups in total. The summed E-state index contributed by atoms with van der Waals surface area (Å²) in [5.41, 5.74) is -0.181. The van der Waals surface area contributed by atoms with Crippen molar-refractivity contribution in [2.75, 3.05) is 17.2 Å². The van der Waals surface area contributed by atoms with Crippen molar-refractivity contribution in [1.29, 1.82) is 0 Å². The van der Waals surface area contributed by atoms with Gasteiger partial charge in [-0.15, -0.1) is 0 Å². The summed E-state index contributed by atoms with van der Waals surface area (Å²) in [7, 11) is 0. The van der Waals surface area contributed by atoms with Crippen molar-refractivity contribution in [3.05, 3.63) is 53.7 Å². The van der Waals surface area contributed by atoms with Gasteiger partial charge in [-0.25, -0.2) is 4.98 Å². The van der Waals surface area contributed by atoms with Crippen LogP contribution in [0.1, 0.15) is 41.6 Å². The van der Waals surface area contributed by atoms with E-state index in [1.807, 2.05) is 0 Å². The summed E-state index contributed by atoms with van der Waals surface area (Å²) in [5.74, 6) is 0.378. The lowest BCUT2D eigenvalue weighted by molar-refractivity contribution is -0.137. The fourth-order valence-corrected chi connectivity index (χ4v) is 3.26. The lowest BCUT2D eigenvalue weighted by atomic mass is 9.87. The summed E-state index contributed by atoms with van der Waals surface area (Å²) in [6.45, 7) is 0.643. The van der Waals surface area contributed by atoms with Crippen molar-refractivity contribution in [2.24, 2.45) is 5.92 Å². The zero-order valence-electron chi connectivity index (χ0n) is 15.2. The van der Waals surface area contributed by atoms with Gasteiger partial charge in [-0.05, 0) is 68.0 Å². The van der Waals surface area contributed by atoms with E-state index in [2.05, 4.69) is 15.6 Å². The van der Waals surface area contributed by atoms with E-state index >= 15 is 0 Å². The van der Waals surface area contributed by atoms with Crippen LogP contribution in [0.2, 0.25) is 0 Å². The molecule has 0 saturated heterocycles. The molecule has 1 aromatic carbocycles. The van der Waals surface area contributed by atoms with E-state index in [1.165, 1.54) is 12.1 Å². The number of carbonyl (C=O) groups is 1. The molecule has 1 aromatic heterocycles. The van der Waals surface area contributed by atoms with Crippen molar-refractivity contribution < 1.29 is 23.1 Å². The van der Waals surface area contributed by atoms with Crippen LogP contribution in [-0.4, -0.2) is 28.6 Å². The zero-order valence-corrected chi connectivity index (χ0v) is 15.2. The monoisotopic (exact) mass is 393 g/mol. The number of aliphatic hydroxyl groups excluding tert-OH is 1. The second kappa shape index (κ2) is 8.60. The molecule has 5 nitrogen and oxygen atoms in total. The average molecular weight is 393 g/mol. The molecule has 1 aliphatic carbocycles. The minimum Gasteiger partial charge on any atom is -0.393 e. The number of nitrogens with one attached hydrogen (secondary N) is 2. The molecule has 2 aromatic rings. The molecule has 1 aliphatic rings. The minimum absolute atomic E-state index is 0.226. The van der Waals surface area contributed by atoms with Gasteiger partial charge < -0.3 is 15.7 Å². The summed E-state index contributed by atoms with van der Waals surface area (Å²) in [6.07, 6.45) is 0.296. The molecule has 0 radical (unpaired) electrons. The first-order chi connectivity index (χ1) is 13.3. The second-order valence-corrected chi connectivity index (χ2v) is 6.98. The van der Waals surface area contributed by atoms with Crippen LogP contribution in [0.25, 0.3) is 0 Å². The third kappa shape index (κ3) is 5.22. The highest BCUT2D eigenvalue weighted by Gasteiger charge is 2.30. The maximum absolute atomic E-state index is 12.6. The summed E-state index contributed by atoms with van der Waals surface area (Å²) in [6, 6.07) is 7.53. The molecule has 150 valence electrons. The predicted molar refractivity (Wildman–Crippen MR) is 100 cm³/mol. The zero-order chi connectivity index (χ0) is 20.1. The van der Waals surface area contributed by atoms with Gasteiger partial charge in [0.2, 0.25) is 0 Å². The van der Waals surface area contributed by atoms with Crippen molar-refractivity contribution in [3.63, 3.8) is 0 Å². The van der Waals surface area contributed by atoms with Crippen molar-refractivity contribution in [2.45, 2.75) is 38.0 Å². The fraction of sp³-hybridized carbons (Fsp3) is 0.400. The van der Waals surface area contributed by atoms with Gasteiger partial charge in [-0.2, -0.15) is 13.2 Å². The Kier molecular flexibility index (Phi) is 6.18. The predicted octanol–water partition coefficient (Wildman–Crippen LogP) is 4.32. The maximum Gasteiger partial charge on any atom is 0.416 e. The first-order valence-electron chi connectivity index (χ1n) is 9.18. The third-order valence-electron chi connectivity index (χ3n) is 4.90. The molecule has 8 heteroatoms. The SMILES string of the molecule is O=C(Nc1ccc(C(F)(F)F)cc1)c1cccnc1NC[C@H]1CC[C@H](O)CC1. The molecule has 3 rings (SSSR count). The molecular weight excluding hydrogens is 371 g/mol. The smallest absolute Gasteiger partial charge is 0.393 e. The minimum atomic E-state index is -4.42. The Morgan fingerprint density at radius 2 is 1.79 bits per heavy atom. The Balaban J connectivity index is 1.64. The van der Waals surface area contributed by atoms with Crippen LogP contribution in [-0.2, 0) is 6.18 Å². The average Bonchev–Trinajstić information content (AvgIpc) is 2.67. The molecule has 28 heavy (non-hydrogen) atoms. The number of halogens is 3. The summed E-state index contributed by atoms with van der Waals surface area (Å²) in [5, 5.41) is 15.4. The highest BCUT2D eigenvalue weighted by molar-refractivity contribution is 6.07. The number of rotatable bonds is 5. The van der Waals surface area contributed by atoms with Crippen LogP contribution in [0, 0.1) is 5.92 Å². The van der Waals surface area contributed by atoms with Gasteiger partial charge in [0.15, 0.2) is 0 Å². The number of carbonyl (C=O) groups excluding carboxylic acids is 1. The fourth-order valence-electron chi connectivity index (χ4n) is 3.26. The van der Waals surface area contributed by atoms with Crippen LogP contribution in [0.15, 0.2) is 42.6 Å².